The number of phenols is 1. The van der Waals surface area contributed by atoms with Gasteiger partial charge in [-0.25, -0.2) is 0 Å². The lowest BCUT2D eigenvalue weighted by Crippen LogP contribution is -2.21. The van der Waals surface area contributed by atoms with Crippen LogP contribution in [0, 0.1) is 0 Å². The zero-order chi connectivity index (χ0) is 12.0. The van der Waals surface area contributed by atoms with Gasteiger partial charge >= 0.3 is 0 Å². The zero-order valence-corrected chi connectivity index (χ0v) is 10.6. The second kappa shape index (κ2) is 6.66. The van der Waals surface area contributed by atoms with Crippen LogP contribution in [0.15, 0.2) is 24.3 Å². The number of phenolic OH excluding ortho intramolecular Hbond substituents is 1. The van der Waals surface area contributed by atoms with Crippen LogP contribution in [0.25, 0.3) is 0 Å². The Morgan fingerprint density at radius 2 is 2.00 bits per heavy atom. The summed E-state index contributed by atoms with van der Waals surface area (Å²) in [6, 6.07) is 7.45. The van der Waals surface area contributed by atoms with Crippen molar-refractivity contribution in [1.82, 2.24) is 5.32 Å². The molecule has 2 N–H and O–H groups in total. The normalized spacial score (nSPS) is 14.6. The van der Waals surface area contributed by atoms with E-state index in [1.165, 1.54) is 0 Å². The molecule has 16 heavy (non-hydrogen) atoms. The van der Waals surface area contributed by atoms with Crippen molar-refractivity contribution in [3.63, 3.8) is 0 Å². The van der Waals surface area contributed by atoms with E-state index in [-0.39, 0.29) is 11.8 Å². The Morgan fingerprint density at radius 1 is 1.38 bits per heavy atom. The standard InChI is InChI=1S/C12H19NO2S/c1-10(13-8-3-9-16(2)15)11-4-6-12(14)7-5-11/h4-7,10,13-14H,3,8-9H2,1-2H3. The van der Waals surface area contributed by atoms with Gasteiger partial charge in [-0.1, -0.05) is 12.1 Å². The molecular formula is C12H19NO2S. The third-order valence-corrected chi connectivity index (χ3v) is 3.32. The van der Waals surface area contributed by atoms with Crippen molar-refractivity contribution in [2.75, 3.05) is 18.6 Å². The summed E-state index contributed by atoms with van der Waals surface area (Å²) in [5.74, 6) is 1.03. The zero-order valence-electron chi connectivity index (χ0n) is 9.77. The average Bonchev–Trinajstić information content (AvgIpc) is 2.25. The quantitative estimate of drug-likeness (QED) is 0.747. The van der Waals surface area contributed by atoms with Crippen LogP contribution >= 0.6 is 0 Å². The van der Waals surface area contributed by atoms with E-state index in [1.54, 1.807) is 18.4 Å². The third-order valence-electron chi connectivity index (χ3n) is 2.45. The predicted octanol–water partition coefficient (Wildman–Crippen LogP) is 1.81. The summed E-state index contributed by atoms with van der Waals surface area (Å²) in [5.41, 5.74) is 1.15. The summed E-state index contributed by atoms with van der Waals surface area (Å²) >= 11 is 0. The van der Waals surface area contributed by atoms with Gasteiger partial charge in [-0.05, 0) is 37.6 Å². The van der Waals surface area contributed by atoms with Crippen LogP contribution in [-0.2, 0) is 10.8 Å². The van der Waals surface area contributed by atoms with Crippen LogP contribution in [-0.4, -0.2) is 27.9 Å². The van der Waals surface area contributed by atoms with Crippen molar-refractivity contribution in [2.24, 2.45) is 0 Å². The molecule has 1 rings (SSSR count). The van der Waals surface area contributed by atoms with Gasteiger partial charge in [0.25, 0.3) is 0 Å². The maximum atomic E-state index is 10.9. The van der Waals surface area contributed by atoms with Crippen molar-refractivity contribution >= 4 is 10.8 Å². The largest absolute Gasteiger partial charge is 0.508 e. The van der Waals surface area contributed by atoms with Gasteiger partial charge in [0.1, 0.15) is 5.75 Å². The van der Waals surface area contributed by atoms with Crippen molar-refractivity contribution in [1.29, 1.82) is 0 Å². The molecule has 4 heteroatoms. The number of hydrogen-bond donors (Lipinski definition) is 2. The minimum absolute atomic E-state index is 0.255. The predicted molar refractivity (Wildman–Crippen MR) is 68.1 cm³/mol. The number of aromatic hydroxyl groups is 1. The molecule has 2 atom stereocenters. The fraction of sp³-hybridized carbons (Fsp3) is 0.500. The maximum Gasteiger partial charge on any atom is 0.115 e. The first-order valence-electron chi connectivity index (χ1n) is 5.42. The SMILES string of the molecule is CC(NCCCS(C)=O)c1ccc(O)cc1. The molecule has 0 spiro atoms. The highest BCUT2D eigenvalue weighted by atomic mass is 32.2. The van der Waals surface area contributed by atoms with Gasteiger partial charge in [0, 0.05) is 28.9 Å². The van der Waals surface area contributed by atoms with Crippen LogP contribution in [0.2, 0.25) is 0 Å². The van der Waals surface area contributed by atoms with Gasteiger partial charge in [-0.15, -0.1) is 0 Å². The Labute approximate surface area is 99.3 Å². The van der Waals surface area contributed by atoms with E-state index < -0.39 is 10.8 Å². The average molecular weight is 241 g/mol. The smallest absolute Gasteiger partial charge is 0.115 e. The van der Waals surface area contributed by atoms with Gasteiger partial charge in [0.2, 0.25) is 0 Å². The number of benzene rings is 1. The van der Waals surface area contributed by atoms with Gasteiger partial charge in [-0.3, -0.25) is 4.21 Å². The fourth-order valence-corrected chi connectivity index (χ4v) is 2.03. The molecule has 0 saturated carbocycles. The summed E-state index contributed by atoms with van der Waals surface area (Å²) in [5, 5.41) is 12.5. The first-order chi connectivity index (χ1) is 7.59. The van der Waals surface area contributed by atoms with E-state index in [0.29, 0.717) is 0 Å². The summed E-state index contributed by atoms with van der Waals surface area (Å²) in [6.45, 7) is 2.94. The summed E-state index contributed by atoms with van der Waals surface area (Å²) in [4.78, 5) is 0. The monoisotopic (exact) mass is 241 g/mol. The molecule has 0 heterocycles. The van der Waals surface area contributed by atoms with E-state index >= 15 is 0 Å². The molecule has 2 unspecified atom stereocenters. The molecule has 3 nitrogen and oxygen atoms in total. The molecule has 0 bridgehead atoms. The summed E-state index contributed by atoms with van der Waals surface area (Å²) in [6.07, 6.45) is 2.65. The van der Waals surface area contributed by atoms with E-state index in [9.17, 15) is 4.21 Å². The molecule has 1 aromatic rings. The lowest BCUT2D eigenvalue weighted by atomic mass is 10.1. The van der Waals surface area contributed by atoms with Crippen molar-refractivity contribution in [2.45, 2.75) is 19.4 Å². The van der Waals surface area contributed by atoms with Crippen LogP contribution in [0.1, 0.15) is 24.9 Å². The van der Waals surface area contributed by atoms with E-state index in [2.05, 4.69) is 12.2 Å². The molecule has 0 aliphatic rings. The minimum Gasteiger partial charge on any atom is -0.508 e. The molecule has 0 amide bonds. The Kier molecular flexibility index (Phi) is 5.49. The fourth-order valence-electron chi connectivity index (χ4n) is 1.47. The third kappa shape index (κ3) is 4.77. The molecule has 0 aliphatic carbocycles. The lowest BCUT2D eigenvalue weighted by molar-refractivity contribution is 0.474. The Bertz CT molecular complexity index is 337. The summed E-state index contributed by atoms with van der Waals surface area (Å²) < 4.78 is 10.9. The Hall–Kier alpha value is -0.870. The Balaban J connectivity index is 2.32. The van der Waals surface area contributed by atoms with Gasteiger partial charge < -0.3 is 10.4 Å². The highest BCUT2D eigenvalue weighted by Crippen LogP contribution is 2.15. The van der Waals surface area contributed by atoms with E-state index in [4.69, 9.17) is 5.11 Å². The van der Waals surface area contributed by atoms with Gasteiger partial charge in [-0.2, -0.15) is 0 Å². The van der Waals surface area contributed by atoms with Crippen molar-refractivity contribution in [3.8, 4) is 5.75 Å². The minimum atomic E-state index is -0.701. The molecule has 0 radical (unpaired) electrons. The number of rotatable bonds is 6. The van der Waals surface area contributed by atoms with Crippen molar-refractivity contribution < 1.29 is 9.32 Å². The van der Waals surface area contributed by atoms with Crippen molar-refractivity contribution in [3.05, 3.63) is 29.8 Å². The molecule has 0 aliphatic heterocycles. The molecule has 90 valence electrons. The maximum absolute atomic E-state index is 10.9. The first-order valence-corrected chi connectivity index (χ1v) is 7.14. The molecule has 0 aromatic heterocycles. The van der Waals surface area contributed by atoms with Crippen LogP contribution in [0.3, 0.4) is 0 Å². The first kappa shape index (κ1) is 13.2. The van der Waals surface area contributed by atoms with Gasteiger partial charge in [0.15, 0.2) is 0 Å². The molecule has 0 fully saturated rings. The highest BCUT2D eigenvalue weighted by Gasteiger charge is 2.03. The lowest BCUT2D eigenvalue weighted by Gasteiger charge is -2.13. The number of hydrogen-bond acceptors (Lipinski definition) is 3. The van der Waals surface area contributed by atoms with Gasteiger partial charge in [0.05, 0.1) is 0 Å². The molecule has 0 saturated heterocycles. The van der Waals surface area contributed by atoms with Crippen LogP contribution in [0.5, 0.6) is 5.75 Å². The van der Waals surface area contributed by atoms with Crippen LogP contribution in [0.4, 0.5) is 0 Å². The highest BCUT2D eigenvalue weighted by molar-refractivity contribution is 7.84. The Morgan fingerprint density at radius 3 is 2.56 bits per heavy atom. The second-order valence-electron chi connectivity index (χ2n) is 3.90. The van der Waals surface area contributed by atoms with E-state index in [1.807, 2.05) is 12.1 Å². The van der Waals surface area contributed by atoms with E-state index in [0.717, 1.165) is 24.3 Å². The summed E-state index contributed by atoms with van der Waals surface area (Å²) in [7, 11) is -0.701. The molecular weight excluding hydrogens is 222 g/mol. The van der Waals surface area contributed by atoms with Crippen LogP contribution < -0.4 is 5.32 Å². The number of nitrogens with one attached hydrogen (secondary N) is 1. The molecule has 1 aromatic carbocycles. The topological polar surface area (TPSA) is 49.3 Å². The second-order valence-corrected chi connectivity index (χ2v) is 5.45.